The molecule has 0 saturated carbocycles. The molecular formula is C14H20N4. The van der Waals surface area contributed by atoms with Crippen molar-refractivity contribution in [2.24, 2.45) is 13.0 Å². The molecule has 1 aliphatic heterocycles. The predicted octanol–water partition coefficient (Wildman–Crippen LogP) is 1.98. The molecule has 2 heterocycles. The summed E-state index contributed by atoms with van der Waals surface area (Å²) in [6.07, 6.45) is 4.48. The second kappa shape index (κ2) is 4.98. The Morgan fingerprint density at radius 1 is 1.50 bits per heavy atom. The van der Waals surface area contributed by atoms with E-state index in [0.717, 1.165) is 24.5 Å². The molecule has 2 N–H and O–H groups in total. The highest BCUT2D eigenvalue weighted by atomic mass is 15.0. The van der Waals surface area contributed by atoms with Gasteiger partial charge in [-0.1, -0.05) is 0 Å². The van der Waals surface area contributed by atoms with Crippen molar-refractivity contribution < 1.29 is 0 Å². The quantitative estimate of drug-likeness (QED) is 0.867. The third-order valence-electron chi connectivity index (χ3n) is 3.72. The lowest BCUT2D eigenvalue weighted by Gasteiger charge is -2.23. The van der Waals surface area contributed by atoms with E-state index in [9.17, 15) is 0 Å². The van der Waals surface area contributed by atoms with Crippen LogP contribution in [0.4, 0.5) is 5.69 Å². The number of benzene rings is 1. The highest BCUT2D eigenvalue weighted by Crippen LogP contribution is 2.18. The molecule has 0 amide bonds. The molecule has 2 aromatic rings. The second-order valence-corrected chi connectivity index (χ2v) is 5.15. The summed E-state index contributed by atoms with van der Waals surface area (Å²) < 4.78 is 2.05. The van der Waals surface area contributed by atoms with Crippen LogP contribution in [0.1, 0.15) is 12.8 Å². The van der Waals surface area contributed by atoms with Gasteiger partial charge in [0.2, 0.25) is 0 Å². The Labute approximate surface area is 107 Å². The molecular weight excluding hydrogens is 224 g/mol. The SMILES string of the molecule is Cn1cnc2cc(NCC3CCCNC3)ccc21. The first kappa shape index (κ1) is 11.5. The third-order valence-corrected chi connectivity index (χ3v) is 3.72. The average molecular weight is 244 g/mol. The number of fused-ring (bicyclic) bond motifs is 1. The summed E-state index contributed by atoms with van der Waals surface area (Å²) in [5.41, 5.74) is 3.41. The fraction of sp³-hybridized carbons (Fsp3) is 0.500. The zero-order valence-electron chi connectivity index (χ0n) is 10.8. The minimum absolute atomic E-state index is 0.748. The summed E-state index contributed by atoms with van der Waals surface area (Å²) in [5.74, 6) is 0.748. The van der Waals surface area contributed by atoms with Gasteiger partial charge in [-0.15, -0.1) is 0 Å². The van der Waals surface area contributed by atoms with Crippen LogP contribution < -0.4 is 10.6 Å². The molecule has 0 spiro atoms. The van der Waals surface area contributed by atoms with Crippen molar-refractivity contribution in [3.05, 3.63) is 24.5 Å². The van der Waals surface area contributed by atoms with Gasteiger partial charge in [0, 0.05) is 19.3 Å². The van der Waals surface area contributed by atoms with Gasteiger partial charge in [0.1, 0.15) is 0 Å². The topological polar surface area (TPSA) is 41.9 Å². The highest BCUT2D eigenvalue weighted by molar-refractivity contribution is 5.79. The van der Waals surface area contributed by atoms with Gasteiger partial charge in [-0.25, -0.2) is 4.98 Å². The summed E-state index contributed by atoms with van der Waals surface area (Å²) >= 11 is 0. The fourth-order valence-electron chi connectivity index (χ4n) is 2.61. The van der Waals surface area contributed by atoms with E-state index < -0.39 is 0 Å². The molecule has 96 valence electrons. The summed E-state index contributed by atoms with van der Waals surface area (Å²) in [5, 5.41) is 6.97. The van der Waals surface area contributed by atoms with Crippen molar-refractivity contribution in [3.8, 4) is 0 Å². The molecule has 4 nitrogen and oxygen atoms in total. The van der Waals surface area contributed by atoms with Crippen molar-refractivity contribution in [2.75, 3.05) is 25.0 Å². The molecule has 1 aliphatic rings. The lowest BCUT2D eigenvalue weighted by atomic mass is 10.00. The average Bonchev–Trinajstić information content (AvgIpc) is 2.79. The maximum absolute atomic E-state index is 4.38. The van der Waals surface area contributed by atoms with Gasteiger partial charge in [0.15, 0.2) is 0 Å². The Balaban J connectivity index is 1.66. The number of aryl methyl sites for hydroxylation is 1. The number of imidazole rings is 1. The number of rotatable bonds is 3. The number of nitrogens with one attached hydrogen (secondary N) is 2. The molecule has 1 unspecified atom stereocenters. The van der Waals surface area contributed by atoms with E-state index in [2.05, 4.69) is 33.8 Å². The monoisotopic (exact) mass is 244 g/mol. The van der Waals surface area contributed by atoms with Crippen LogP contribution in [0.2, 0.25) is 0 Å². The molecule has 3 rings (SSSR count). The molecule has 1 aromatic carbocycles. The van der Waals surface area contributed by atoms with Crippen molar-refractivity contribution >= 4 is 16.7 Å². The lowest BCUT2D eigenvalue weighted by Crippen LogP contribution is -2.33. The van der Waals surface area contributed by atoms with Crippen LogP contribution in [-0.2, 0) is 7.05 Å². The van der Waals surface area contributed by atoms with Crippen molar-refractivity contribution in [2.45, 2.75) is 12.8 Å². The first-order valence-corrected chi connectivity index (χ1v) is 6.68. The second-order valence-electron chi connectivity index (χ2n) is 5.15. The molecule has 1 aromatic heterocycles. The van der Waals surface area contributed by atoms with E-state index in [-0.39, 0.29) is 0 Å². The van der Waals surface area contributed by atoms with Crippen LogP contribution in [0.3, 0.4) is 0 Å². The van der Waals surface area contributed by atoms with Crippen LogP contribution >= 0.6 is 0 Å². The Bertz CT molecular complexity index is 526. The fourth-order valence-corrected chi connectivity index (χ4v) is 2.61. The van der Waals surface area contributed by atoms with E-state index in [0.29, 0.717) is 0 Å². The van der Waals surface area contributed by atoms with Crippen molar-refractivity contribution in [3.63, 3.8) is 0 Å². The van der Waals surface area contributed by atoms with Gasteiger partial charge in [-0.05, 0) is 50.0 Å². The lowest BCUT2D eigenvalue weighted by molar-refractivity contribution is 0.393. The summed E-state index contributed by atoms with van der Waals surface area (Å²) in [7, 11) is 2.02. The highest BCUT2D eigenvalue weighted by Gasteiger charge is 2.12. The van der Waals surface area contributed by atoms with Crippen LogP contribution in [0.25, 0.3) is 11.0 Å². The molecule has 1 saturated heterocycles. The van der Waals surface area contributed by atoms with Gasteiger partial charge in [-0.2, -0.15) is 0 Å². The van der Waals surface area contributed by atoms with E-state index in [1.807, 2.05) is 17.9 Å². The Morgan fingerprint density at radius 2 is 2.44 bits per heavy atom. The van der Waals surface area contributed by atoms with Gasteiger partial charge < -0.3 is 15.2 Å². The smallest absolute Gasteiger partial charge is 0.0955 e. The first-order valence-electron chi connectivity index (χ1n) is 6.68. The van der Waals surface area contributed by atoms with E-state index >= 15 is 0 Å². The number of aromatic nitrogens is 2. The van der Waals surface area contributed by atoms with Crippen LogP contribution in [0.5, 0.6) is 0 Å². The van der Waals surface area contributed by atoms with E-state index in [1.54, 1.807) is 0 Å². The summed E-state index contributed by atoms with van der Waals surface area (Å²) in [6.45, 7) is 3.36. The number of anilines is 1. The van der Waals surface area contributed by atoms with Crippen LogP contribution in [0.15, 0.2) is 24.5 Å². The zero-order valence-corrected chi connectivity index (χ0v) is 10.8. The normalized spacial score (nSPS) is 20.2. The molecule has 18 heavy (non-hydrogen) atoms. The largest absolute Gasteiger partial charge is 0.385 e. The minimum atomic E-state index is 0.748. The molecule has 1 atom stereocenters. The predicted molar refractivity (Wildman–Crippen MR) is 74.8 cm³/mol. The Hall–Kier alpha value is -1.55. The minimum Gasteiger partial charge on any atom is -0.385 e. The maximum atomic E-state index is 4.38. The number of nitrogens with zero attached hydrogens (tertiary/aromatic N) is 2. The Kier molecular flexibility index (Phi) is 3.19. The zero-order chi connectivity index (χ0) is 12.4. The van der Waals surface area contributed by atoms with Crippen LogP contribution in [0, 0.1) is 5.92 Å². The van der Waals surface area contributed by atoms with Gasteiger partial charge in [-0.3, -0.25) is 0 Å². The number of piperidine rings is 1. The summed E-state index contributed by atoms with van der Waals surface area (Å²) in [6, 6.07) is 6.40. The maximum Gasteiger partial charge on any atom is 0.0955 e. The first-order chi connectivity index (χ1) is 8.83. The standard InChI is InChI=1S/C14H20N4/c1-18-10-17-13-7-12(4-5-14(13)18)16-9-11-3-2-6-15-8-11/h4-5,7,10-11,15-16H,2-3,6,8-9H2,1H3. The van der Waals surface area contributed by atoms with E-state index in [4.69, 9.17) is 0 Å². The number of hydrogen-bond donors (Lipinski definition) is 2. The van der Waals surface area contributed by atoms with E-state index in [1.165, 1.54) is 30.6 Å². The molecule has 0 bridgehead atoms. The molecule has 0 aliphatic carbocycles. The number of hydrogen-bond acceptors (Lipinski definition) is 3. The van der Waals surface area contributed by atoms with Gasteiger partial charge >= 0.3 is 0 Å². The van der Waals surface area contributed by atoms with Gasteiger partial charge in [0.05, 0.1) is 17.4 Å². The Morgan fingerprint density at radius 3 is 3.28 bits per heavy atom. The van der Waals surface area contributed by atoms with Crippen molar-refractivity contribution in [1.29, 1.82) is 0 Å². The third kappa shape index (κ3) is 2.34. The molecule has 0 radical (unpaired) electrons. The van der Waals surface area contributed by atoms with Crippen molar-refractivity contribution in [1.82, 2.24) is 14.9 Å². The van der Waals surface area contributed by atoms with Gasteiger partial charge in [0.25, 0.3) is 0 Å². The molecule has 1 fully saturated rings. The summed E-state index contributed by atoms with van der Waals surface area (Å²) in [4.78, 5) is 4.38. The molecule has 4 heteroatoms. The van der Waals surface area contributed by atoms with Crippen LogP contribution in [-0.4, -0.2) is 29.2 Å².